The smallest absolute Gasteiger partial charge is 0.0234 e. The lowest BCUT2D eigenvalue weighted by Gasteiger charge is -2.73. The van der Waals surface area contributed by atoms with Crippen molar-refractivity contribution in [3.63, 3.8) is 0 Å². The van der Waals surface area contributed by atoms with Crippen LogP contribution in [0.2, 0.25) is 0 Å². The highest BCUT2D eigenvalue weighted by Gasteiger charge is 2.69. The Morgan fingerprint density at radius 2 is 1.37 bits per heavy atom. The lowest BCUT2D eigenvalue weighted by molar-refractivity contribution is -0.239. The van der Waals surface area contributed by atoms with Gasteiger partial charge in [-0.3, -0.25) is 0 Å². The lowest BCUT2D eigenvalue weighted by atomic mass is 9.32. The average Bonchev–Trinajstić information content (AvgIpc) is 3.11. The molecule has 0 aromatic rings. The highest BCUT2D eigenvalue weighted by atomic mass is 15.2. The van der Waals surface area contributed by atoms with Crippen LogP contribution < -0.4 is 0 Å². The Morgan fingerprint density at radius 3 is 2.07 bits per heavy atom. The Balaban J connectivity index is 1.53. The van der Waals surface area contributed by atoms with Gasteiger partial charge in [0.15, 0.2) is 0 Å². The molecule has 0 saturated heterocycles. The number of hydrogen-bond acceptors (Lipinski definition) is 1. The predicted octanol–water partition coefficient (Wildman–Crippen LogP) is 7.79. The van der Waals surface area contributed by atoms with Crippen LogP contribution in [0, 0.1) is 51.2 Å². The molecule has 0 aliphatic heterocycles. The molecule has 0 bridgehead atoms. The van der Waals surface area contributed by atoms with Crippen molar-refractivity contribution in [2.75, 3.05) is 14.1 Å². The molecule has 0 amide bonds. The fraction of sp³-hybridized carbons (Fsp3) is 1.00. The summed E-state index contributed by atoms with van der Waals surface area (Å²) in [6.45, 7) is 16.2. The monoisotopic (exact) mass is 413 g/mol. The van der Waals surface area contributed by atoms with Crippen molar-refractivity contribution in [2.45, 2.75) is 118 Å². The van der Waals surface area contributed by atoms with Gasteiger partial charge in [-0.15, -0.1) is 0 Å². The molecule has 0 aromatic carbocycles. The van der Waals surface area contributed by atoms with Crippen LogP contribution in [0.3, 0.4) is 0 Å². The molecule has 0 N–H and O–H groups in total. The second-order valence-corrected chi connectivity index (χ2v) is 14.4. The molecule has 0 heterocycles. The van der Waals surface area contributed by atoms with E-state index in [9.17, 15) is 0 Å². The molecule has 1 heteroatoms. The normalized spacial score (nSPS) is 57.3. The standard InChI is InChI=1S/C29H51N/c1-20-13-16-26(4)23(25(20,2)3)14-17-28(6)24(26)12-11-21-22-10-9-15-29(22,30(7)8)19-18-27(21,28)5/h20-24H,9-19H2,1-8H3. The summed E-state index contributed by atoms with van der Waals surface area (Å²) in [4.78, 5) is 2.67. The summed E-state index contributed by atoms with van der Waals surface area (Å²) in [6.07, 6.45) is 16.4. The zero-order chi connectivity index (χ0) is 21.7. The van der Waals surface area contributed by atoms with Crippen LogP contribution in [-0.2, 0) is 0 Å². The van der Waals surface area contributed by atoms with Crippen molar-refractivity contribution in [1.82, 2.24) is 4.90 Å². The van der Waals surface area contributed by atoms with Crippen LogP contribution in [0.4, 0.5) is 0 Å². The van der Waals surface area contributed by atoms with Crippen molar-refractivity contribution >= 4 is 0 Å². The summed E-state index contributed by atoms with van der Waals surface area (Å²) in [5.74, 6) is 4.69. The van der Waals surface area contributed by atoms with Gasteiger partial charge in [-0.1, -0.05) is 48.0 Å². The first-order chi connectivity index (χ1) is 13.9. The van der Waals surface area contributed by atoms with Gasteiger partial charge >= 0.3 is 0 Å². The molecule has 0 aromatic heterocycles. The van der Waals surface area contributed by atoms with E-state index < -0.39 is 0 Å². The van der Waals surface area contributed by atoms with E-state index in [2.05, 4.69) is 60.5 Å². The van der Waals surface area contributed by atoms with Gasteiger partial charge < -0.3 is 4.90 Å². The second-order valence-electron chi connectivity index (χ2n) is 14.4. The number of hydrogen-bond donors (Lipinski definition) is 0. The summed E-state index contributed by atoms with van der Waals surface area (Å²) in [6, 6.07) is 0. The van der Waals surface area contributed by atoms with Crippen LogP contribution in [0.25, 0.3) is 0 Å². The SMILES string of the molecule is CC1CCC2(C)C(CCC3(C)C2CCC2C4CCCC4(N(C)C)CCC23C)C1(C)C. The van der Waals surface area contributed by atoms with E-state index in [1.54, 1.807) is 0 Å². The largest absolute Gasteiger partial charge is 0.303 e. The molecule has 5 fully saturated rings. The topological polar surface area (TPSA) is 3.24 Å². The molecule has 172 valence electrons. The molecule has 5 rings (SSSR count). The van der Waals surface area contributed by atoms with Gasteiger partial charge in [0.25, 0.3) is 0 Å². The third-order valence-electron chi connectivity index (χ3n) is 13.8. The van der Waals surface area contributed by atoms with Crippen molar-refractivity contribution in [3.05, 3.63) is 0 Å². The van der Waals surface area contributed by atoms with Crippen molar-refractivity contribution in [1.29, 1.82) is 0 Å². The Morgan fingerprint density at radius 1 is 0.633 bits per heavy atom. The number of fused-ring (bicyclic) bond motifs is 7. The molecule has 0 spiro atoms. The van der Waals surface area contributed by atoms with Crippen LogP contribution in [-0.4, -0.2) is 24.5 Å². The Bertz CT molecular complexity index is 694. The average molecular weight is 414 g/mol. The summed E-state index contributed by atoms with van der Waals surface area (Å²) in [7, 11) is 4.79. The van der Waals surface area contributed by atoms with Crippen molar-refractivity contribution in [2.24, 2.45) is 51.2 Å². The van der Waals surface area contributed by atoms with Crippen LogP contribution in [0.1, 0.15) is 112 Å². The molecule has 5 saturated carbocycles. The van der Waals surface area contributed by atoms with E-state index in [1.807, 2.05) is 0 Å². The zero-order valence-electron chi connectivity index (χ0n) is 21.6. The molecule has 9 atom stereocenters. The maximum atomic E-state index is 2.80. The molecule has 5 aliphatic carbocycles. The molecule has 5 aliphatic rings. The van der Waals surface area contributed by atoms with Gasteiger partial charge in [0.1, 0.15) is 0 Å². The fourth-order valence-electron chi connectivity index (χ4n) is 11.5. The molecule has 9 unspecified atom stereocenters. The minimum Gasteiger partial charge on any atom is -0.303 e. The molecule has 30 heavy (non-hydrogen) atoms. The van der Waals surface area contributed by atoms with E-state index in [4.69, 9.17) is 0 Å². The predicted molar refractivity (Wildman–Crippen MR) is 128 cm³/mol. The highest BCUT2D eigenvalue weighted by Crippen LogP contribution is 2.76. The van der Waals surface area contributed by atoms with Gasteiger partial charge in [0.05, 0.1) is 0 Å². The summed E-state index contributed by atoms with van der Waals surface area (Å²) in [5, 5.41) is 0. The van der Waals surface area contributed by atoms with Gasteiger partial charge in [-0.2, -0.15) is 0 Å². The minimum atomic E-state index is 0.518. The number of nitrogens with zero attached hydrogens (tertiary/aromatic N) is 1. The summed E-state index contributed by atoms with van der Waals surface area (Å²) < 4.78 is 0. The Kier molecular flexibility index (Phi) is 4.73. The Labute approximate surface area is 188 Å². The van der Waals surface area contributed by atoms with Crippen molar-refractivity contribution in [3.8, 4) is 0 Å². The van der Waals surface area contributed by atoms with Crippen LogP contribution in [0.15, 0.2) is 0 Å². The quantitative estimate of drug-likeness (QED) is 0.424. The first-order valence-electron chi connectivity index (χ1n) is 13.6. The van der Waals surface area contributed by atoms with E-state index in [0.717, 1.165) is 29.6 Å². The van der Waals surface area contributed by atoms with E-state index in [1.165, 1.54) is 70.6 Å². The maximum absolute atomic E-state index is 2.80. The third-order valence-corrected chi connectivity index (χ3v) is 13.8. The first-order valence-corrected chi connectivity index (χ1v) is 13.6. The molecular formula is C29H51N. The van der Waals surface area contributed by atoms with Gasteiger partial charge in [-0.05, 0) is 130 Å². The fourth-order valence-corrected chi connectivity index (χ4v) is 11.5. The molecule has 0 radical (unpaired) electrons. The highest BCUT2D eigenvalue weighted by molar-refractivity contribution is 5.19. The summed E-state index contributed by atoms with van der Waals surface area (Å²) >= 11 is 0. The molecular weight excluding hydrogens is 362 g/mol. The number of rotatable bonds is 1. The zero-order valence-corrected chi connectivity index (χ0v) is 21.6. The van der Waals surface area contributed by atoms with Crippen molar-refractivity contribution < 1.29 is 0 Å². The van der Waals surface area contributed by atoms with Crippen LogP contribution in [0.5, 0.6) is 0 Å². The van der Waals surface area contributed by atoms with E-state index >= 15 is 0 Å². The maximum Gasteiger partial charge on any atom is 0.0234 e. The van der Waals surface area contributed by atoms with E-state index in [0.29, 0.717) is 27.2 Å². The minimum absolute atomic E-state index is 0.518. The van der Waals surface area contributed by atoms with E-state index in [-0.39, 0.29) is 0 Å². The van der Waals surface area contributed by atoms with Gasteiger partial charge in [-0.25, -0.2) is 0 Å². The molecule has 1 nitrogen and oxygen atoms in total. The summed E-state index contributed by atoms with van der Waals surface area (Å²) in [5.41, 5.74) is 2.73. The third kappa shape index (κ3) is 2.40. The van der Waals surface area contributed by atoms with Crippen LogP contribution >= 0.6 is 0 Å². The second kappa shape index (κ2) is 6.51. The first kappa shape index (κ1) is 21.8. The Hall–Kier alpha value is -0.0400. The van der Waals surface area contributed by atoms with Gasteiger partial charge in [0, 0.05) is 5.54 Å². The lowest BCUT2D eigenvalue weighted by Crippen LogP contribution is -2.67. The van der Waals surface area contributed by atoms with Gasteiger partial charge in [0.2, 0.25) is 0 Å².